The van der Waals surface area contributed by atoms with E-state index in [4.69, 9.17) is 0 Å². The Labute approximate surface area is 230 Å². The van der Waals surface area contributed by atoms with Gasteiger partial charge >= 0.3 is 47.0 Å². The molecule has 0 unspecified atom stereocenters. The molecule has 0 aromatic rings. The van der Waals surface area contributed by atoms with Crippen molar-refractivity contribution in [3.8, 4) is 0 Å². The first kappa shape index (κ1) is 40.9. The highest BCUT2D eigenvalue weighted by Gasteiger charge is 2.96. The van der Waals surface area contributed by atoms with Crippen LogP contribution in [0.15, 0.2) is 0 Å². The average Bonchev–Trinajstić information content (AvgIpc) is 2.84. The van der Waals surface area contributed by atoms with Crippen molar-refractivity contribution in [1.82, 2.24) is 4.31 Å². The van der Waals surface area contributed by atoms with Crippen molar-refractivity contribution >= 4 is 18.1 Å². The van der Waals surface area contributed by atoms with Crippen LogP contribution in [0.4, 0.5) is 74.6 Å². The number of nitrogens with zero attached hydrogens (tertiary/aromatic N) is 1. The predicted molar refractivity (Wildman–Crippen MR) is 118 cm³/mol. The second-order valence-electron chi connectivity index (χ2n) is 9.53. The maximum Gasteiger partial charge on any atom is 0.460 e. The van der Waals surface area contributed by atoms with E-state index in [-0.39, 0.29) is 12.5 Å². The molecule has 3 nitrogen and oxygen atoms in total. The second kappa shape index (κ2) is 12.4. The molecule has 0 heterocycles. The molecule has 0 aliphatic rings. The van der Waals surface area contributed by atoms with Crippen LogP contribution in [0.3, 0.4) is 0 Å². The number of hydrogen-bond donors (Lipinski definition) is 0. The van der Waals surface area contributed by atoms with Crippen molar-refractivity contribution in [2.24, 2.45) is 0 Å². The molecule has 0 saturated heterocycles. The summed E-state index contributed by atoms with van der Waals surface area (Å²) in [6.45, 7) is 4.08. The molecule has 0 aliphatic heterocycles. The van der Waals surface area contributed by atoms with Crippen molar-refractivity contribution in [3.63, 3.8) is 0 Å². The van der Waals surface area contributed by atoms with Crippen LogP contribution in [0.25, 0.3) is 0 Å². The largest absolute Gasteiger partial charge is 0.460 e. The molecule has 0 rings (SSSR count). The van der Waals surface area contributed by atoms with Crippen molar-refractivity contribution in [3.05, 3.63) is 0 Å². The van der Waals surface area contributed by atoms with Crippen LogP contribution in [0.2, 0.25) is 24.2 Å². The minimum absolute atomic E-state index is 0.178. The van der Waals surface area contributed by atoms with Gasteiger partial charge in [-0.15, -0.1) is 0 Å². The number of halogens is 17. The monoisotopic (exact) mass is 697 g/mol. The minimum atomic E-state index is -8.83. The molecule has 22 heteroatoms. The van der Waals surface area contributed by atoms with Crippen LogP contribution in [-0.2, 0) is 10.0 Å². The van der Waals surface area contributed by atoms with Gasteiger partial charge in [0.15, 0.2) is 0 Å². The third kappa shape index (κ3) is 6.09. The number of sulfonamides is 1. The minimum Gasteiger partial charge on any atom is -0.206 e. The van der Waals surface area contributed by atoms with Crippen molar-refractivity contribution in [2.75, 3.05) is 13.1 Å². The lowest BCUT2D eigenvalue weighted by Gasteiger charge is -2.43. The van der Waals surface area contributed by atoms with Crippen molar-refractivity contribution in [2.45, 2.75) is 112 Å². The van der Waals surface area contributed by atoms with Gasteiger partial charge in [0, 0.05) is 13.1 Å². The van der Waals surface area contributed by atoms with E-state index in [9.17, 15) is 83.1 Å². The van der Waals surface area contributed by atoms with Gasteiger partial charge in [-0.05, 0) is 12.8 Å². The molecule has 0 saturated carbocycles. The summed E-state index contributed by atoms with van der Waals surface area (Å²) in [7, 11) is -9.39. The summed E-state index contributed by atoms with van der Waals surface area (Å²) >= 11 is 0. The summed E-state index contributed by atoms with van der Waals surface area (Å²) in [4.78, 5) is 0. The van der Waals surface area contributed by atoms with E-state index >= 15 is 0 Å². The molecule has 0 amide bonds. The van der Waals surface area contributed by atoms with Crippen LogP contribution < -0.4 is 0 Å². The van der Waals surface area contributed by atoms with Crippen molar-refractivity contribution in [1.29, 1.82) is 0 Å². The van der Waals surface area contributed by atoms with Gasteiger partial charge in [0.25, 0.3) is 10.0 Å². The highest BCUT2D eigenvalue weighted by atomic mass is 32.2. The first-order chi connectivity index (χ1) is 18.3. The molecule has 0 spiro atoms. The first-order valence-electron chi connectivity index (χ1n) is 12.1. The fraction of sp³-hybridized carbons (Fsp3) is 1.00. The molecule has 0 N–H and O–H groups in total. The van der Waals surface area contributed by atoms with Gasteiger partial charge in [-0.1, -0.05) is 51.9 Å². The predicted octanol–water partition coefficient (Wildman–Crippen LogP) is 8.89. The smallest absolute Gasteiger partial charge is 0.206 e. The number of rotatable bonds is 17. The Morgan fingerprint density at radius 3 is 1.17 bits per heavy atom. The van der Waals surface area contributed by atoms with Gasteiger partial charge in [0.2, 0.25) is 0 Å². The molecule has 0 aliphatic carbocycles. The topological polar surface area (TPSA) is 37.4 Å². The molecule has 0 atom stereocenters. The third-order valence-corrected chi connectivity index (χ3v) is 15.1. The van der Waals surface area contributed by atoms with Crippen molar-refractivity contribution < 1.29 is 83.1 Å². The lowest BCUT2D eigenvalue weighted by molar-refractivity contribution is -0.458. The summed E-state index contributed by atoms with van der Waals surface area (Å²) in [6, 6.07) is 1.93. The third-order valence-electron chi connectivity index (χ3n) is 7.19. The fourth-order valence-corrected chi connectivity index (χ4v) is 9.02. The van der Waals surface area contributed by atoms with Crippen LogP contribution in [0.5, 0.6) is 0 Å². The molecular formula is C20H28F17NO2SSi. The lowest BCUT2D eigenvalue weighted by atomic mass is 9.91. The standard InChI is InChI=1S/C20H28F17NO2SSi/c1-5-10-38(11-9-12-42(6-2,7-3)8-4)41(39,40)20(36,37)18(31,32)16(27,28)14(23,24)13(21,22)15(25,26)17(29,30)19(33,34)35/h5-12H2,1-4H3. The average molecular weight is 698 g/mol. The highest BCUT2D eigenvalue weighted by molar-refractivity contribution is 7.90. The Morgan fingerprint density at radius 2 is 0.857 bits per heavy atom. The van der Waals surface area contributed by atoms with Gasteiger partial charge in [0.05, 0.1) is 8.07 Å². The molecule has 0 aromatic heterocycles. The van der Waals surface area contributed by atoms with Gasteiger partial charge in [-0.3, -0.25) is 0 Å². The second-order valence-corrected chi connectivity index (χ2v) is 17.1. The van der Waals surface area contributed by atoms with E-state index in [2.05, 4.69) is 0 Å². The molecule has 0 radical (unpaired) electrons. The Kier molecular flexibility index (Phi) is 12.1. The normalized spacial score (nSPS) is 16.0. The van der Waals surface area contributed by atoms with E-state index in [0.717, 1.165) is 6.92 Å². The van der Waals surface area contributed by atoms with Gasteiger partial charge in [-0.25, -0.2) is 8.42 Å². The fourth-order valence-electron chi connectivity index (χ4n) is 3.99. The lowest BCUT2D eigenvalue weighted by Crippen LogP contribution is -2.75. The van der Waals surface area contributed by atoms with Gasteiger partial charge in [-0.2, -0.15) is 78.9 Å². The summed E-state index contributed by atoms with van der Waals surface area (Å²) in [5.74, 6) is -51.5. The Morgan fingerprint density at radius 1 is 0.524 bits per heavy atom. The Bertz CT molecular complexity index is 1000. The number of alkyl halides is 17. The SMILES string of the molecule is CCCN(CCC[Si](CC)(CC)CC)S(=O)(=O)C(F)(F)C(F)(F)C(F)(F)C(F)(F)C(F)(F)C(F)(F)C(F)(F)C(F)(F)F. The van der Waals surface area contributed by atoms with E-state index in [1.54, 1.807) is 20.8 Å². The van der Waals surface area contributed by atoms with Crippen LogP contribution in [-0.4, -0.2) is 80.9 Å². The highest BCUT2D eigenvalue weighted by Crippen LogP contribution is 2.64. The summed E-state index contributed by atoms with van der Waals surface area (Å²) in [5.41, 5.74) is 0. The Hall–Kier alpha value is -1.06. The zero-order valence-corrected chi connectivity index (χ0v) is 24.1. The molecular weight excluding hydrogens is 669 g/mol. The first-order valence-corrected chi connectivity index (χ1v) is 16.3. The zero-order chi connectivity index (χ0) is 34.2. The molecule has 0 fully saturated rings. The molecule has 42 heavy (non-hydrogen) atoms. The van der Waals surface area contributed by atoms with E-state index in [0.29, 0.717) is 18.1 Å². The van der Waals surface area contributed by atoms with E-state index in [1.807, 2.05) is 0 Å². The summed E-state index contributed by atoms with van der Waals surface area (Å²) in [5, 5.41) is -7.51. The molecule has 0 bridgehead atoms. The maximum atomic E-state index is 14.6. The zero-order valence-electron chi connectivity index (χ0n) is 22.3. The summed E-state index contributed by atoms with van der Waals surface area (Å²) in [6.07, 6.45) is -8.69. The quantitative estimate of drug-likeness (QED) is 0.113. The maximum absolute atomic E-state index is 14.6. The van der Waals surface area contributed by atoms with Crippen LogP contribution >= 0.6 is 0 Å². The van der Waals surface area contributed by atoms with Gasteiger partial charge < -0.3 is 0 Å². The van der Waals surface area contributed by atoms with Crippen LogP contribution in [0, 0.1) is 0 Å². The Balaban J connectivity index is 6.85. The summed E-state index contributed by atoms with van der Waals surface area (Å²) < 4.78 is 255. The van der Waals surface area contributed by atoms with E-state index in [1.165, 1.54) is 0 Å². The van der Waals surface area contributed by atoms with Gasteiger partial charge in [0.1, 0.15) is 0 Å². The van der Waals surface area contributed by atoms with Crippen LogP contribution in [0.1, 0.15) is 40.5 Å². The number of hydrogen-bond acceptors (Lipinski definition) is 2. The molecule has 254 valence electrons. The van der Waals surface area contributed by atoms with E-state index < -0.39 is 88.9 Å². The molecule has 0 aromatic carbocycles.